The van der Waals surface area contributed by atoms with Gasteiger partial charge >= 0.3 is 0 Å². The molecule has 0 aliphatic heterocycles. The first-order valence-corrected chi connectivity index (χ1v) is 9.99. The summed E-state index contributed by atoms with van der Waals surface area (Å²) in [5, 5.41) is 9.53. The molecule has 0 saturated carbocycles. The van der Waals surface area contributed by atoms with Gasteiger partial charge in [0.05, 0.1) is 25.6 Å². The Hall–Kier alpha value is -3.37. The van der Waals surface area contributed by atoms with Crippen molar-refractivity contribution in [3.63, 3.8) is 0 Å². The van der Waals surface area contributed by atoms with Crippen molar-refractivity contribution in [3.05, 3.63) is 54.2 Å². The summed E-state index contributed by atoms with van der Waals surface area (Å²) in [7, 11) is 0.481. The van der Waals surface area contributed by atoms with Crippen LogP contribution >= 0.6 is 0 Å². The largest absolute Gasteiger partial charge is 0.495 e. The van der Waals surface area contributed by atoms with Crippen LogP contribution in [0.15, 0.2) is 53.4 Å². The van der Waals surface area contributed by atoms with Crippen molar-refractivity contribution in [2.24, 2.45) is 0 Å². The first-order valence-electron chi connectivity index (χ1n) is 8.51. The third-order valence-corrected chi connectivity index (χ3v) is 5.63. The molecule has 1 heterocycles. The number of nitrogens with one attached hydrogen (secondary N) is 3. The van der Waals surface area contributed by atoms with E-state index < -0.39 is 15.9 Å². The molecule has 0 radical (unpaired) electrons. The molecule has 0 aliphatic rings. The topological polar surface area (TPSA) is 122 Å². The van der Waals surface area contributed by atoms with Gasteiger partial charge in [-0.05, 0) is 43.4 Å². The molecule has 1 aromatic heterocycles. The van der Waals surface area contributed by atoms with Gasteiger partial charge < -0.3 is 14.8 Å². The average molecular weight is 416 g/mol. The van der Waals surface area contributed by atoms with Gasteiger partial charge in [-0.1, -0.05) is 12.1 Å². The summed E-state index contributed by atoms with van der Waals surface area (Å²) < 4.78 is 37.1. The lowest BCUT2D eigenvalue weighted by Gasteiger charge is -2.10. The number of nitrogens with zero attached hydrogens (tertiary/aromatic N) is 1. The van der Waals surface area contributed by atoms with E-state index in [4.69, 9.17) is 9.47 Å². The van der Waals surface area contributed by atoms with Crippen LogP contribution in [-0.4, -0.2) is 45.8 Å². The van der Waals surface area contributed by atoms with E-state index in [-0.39, 0.29) is 16.3 Å². The van der Waals surface area contributed by atoms with E-state index >= 15 is 0 Å². The summed E-state index contributed by atoms with van der Waals surface area (Å²) in [6.45, 7) is 0. The van der Waals surface area contributed by atoms with Crippen molar-refractivity contribution in [1.29, 1.82) is 0 Å². The maximum absolute atomic E-state index is 12.5. The number of sulfonamides is 1. The van der Waals surface area contributed by atoms with Crippen LogP contribution in [0.3, 0.4) is 0 Å². The Morgan fingerprint density at radius 2 is 1.76 bits per heavy atom. The number of hydrogen-bond acceptors (Lipinski definition) is 6. The molecule has 3 rings (SSSR count). The molecular weight excluding hydrogens is 396 g/mol. The van der Waals surface area contributed by atoms with E-state index in [0.29, 0.717) is 22.7 Å². The Morgan fingerprint density at radius 1 is 1.03 bits per heavy atom. The van der Waals surface area contributed by atoms with E-state index in [0.717, 1.165) is 0 Å². The van der Waals surface area contributed by atoms with Crippen LogP contribution in [0.5, 0.6) is 11.5 Å². The normalized spacial score (nSPS) is 11.1. The Labute approximate surface area is 168 Å². The number of amides is 1. The highest BCUT2D eigenvalue weighted by atomic mass is 32.2. The molecule has 0 unspecified atom stereocenters. The summed E-state index contributed by atoms with van der Waals surface area (Å²) >= 11 is 0. The van der Waals surface area contributed by atoms with Crippen molar-refractivity contribution in [2.75, 3.05) is 26.6 Å². The zero-order valence-corrected chi connectivity index (χ0v) is 16.8. The zero-order valence-electron chi connectivity index (χ0n) is 16.0. The molecule has 2 aromatic carbocycles. The third-order valence-electron chi connectivity index (χ3n) is 4.20. The maximum Gasteiger partial charge on any atom is 0.273 e. The first kappa shape index (κ1) is 20.4. The number of para-hydroxylation sites is 2. The number of aromatic nitrogens is 2. The van der Waals surface area contributed by atoms with Crippen LogP contribution in [0.1, 0.15) is 10.5 Å². The van der Waals surface area contributed by atoms with Crippen LogP contribution in [0.25, 0.3) is 11.3 Å². The fraction of sp³-hybridized carbons (Fsp3) is 0.158. The quantitative estimate of drug-likeness (QED) is 0.543. The molecule has 0 bridgehead atoms. The zero-order chi connectivity index (χ0) is 21.0. The van der Waals surface area contributed by atoms with Gasteiger partial charge in [0.2, 0.25) is 10.0 Å². The second kappa shape index (κ2) is 8.33. The highest BCUT2D eigenvalue weighted by molar-refractivity contribution is 7.89. The number of hydrogen-bond donors (Lipinski definition) is 3. The SMILES string of the molecule is CNS(=O)(=O)c1cc(-c2cc(C(=O)Nc3ccccc3OC)[nH]n2)ccc1OC. The Balaban J connectivity index is 1.90. The van der Waals surface area contributed by atoms with E-state index in [1.165, 1.54) is 39.5 Å². The molecule has 0 spiro atoms. The second-order valence-corrected chi connectivity index (χ2v) is 7.75. The number of benzene rings is 2. The van der Waals surface area contributed by atoms with E-state index in [2.05, 4.69) is 20.2 Å². The molecule has 0 saturated heterocycles. The number of H-pyrrole nitrogens is 1. The molecule has 3 aromatic rings. The van der Waals surface area contributed by atoms with Gasteiger partial charge in [-0.2, -0.15) is 5.10 Å². The summed E-state index contributed by atoms with van der Waals surface area (Å²) in [4.78, 5) is 12.5. The van der Waals surface area contributed by atoms with E-state index in [1.807, 2.05) is 0 Å². The third kappa shape index (κ3) is 4.23. The Morgan fingerprint density at radius 3 is 2.45 bits per heavy atom. The predicted molar refractivity (Wildman–Crippen MR) is 108 cm³/mol. The summed E-state index contributed by atoms with van der Waals surface area (Å²) in [5.41, 5.74) is 1.64. The molecule has 0 fully saturated rings. The predicted octanol–water partition coefficient (Wildman–Crippen LogP) is 2.25. The minimum Gasteiger partial charge on any atom is -0.495 e. The minimum absolute atomic E-state index is 0.0250. The number of ether oxygens (including phenoxy) is 2. The van der Waals surface area contributed by atoms with Gasteiger partial charge in [0, 0.05) is 5.56 Å². The van der Waals surface area contributed by atoms with Crippen molar-refractivity contribution >= 4 is 21.6 Å². The number of aromatic amines is 1. The van der Waals surface area contributed by atoms with E-state index in [1.54, 1.807) is 30.3 Å². The standard InChI is InChI=1S/C19H20N4O5S/c1-20-29(25,26)18-10-12(8-9-17(18)28-3)14-11-15(23-22-14)19(24)21-13-6-4-5-7-16(13)27-2/h4-11,20H,1-3H3,(H,21,24)(H,22,23). The van der Waals surface area contributed by atoms with Crippen molar-refractivity contribution < 1.29 is 22.7 Å². The molecule has 1 amide bonds. The Bertz CT molecular complexity index is 1140. The number of carbonyl (C=O) groups is 1. The van der Waals surface area contributed by atoms with Gasteiger partial charge in [0.15, 0.2) is 0 Å². The minimum atomic E-state index is -3.74. The van der Waals surface area contributed by atoms with Crippen LogP contribution in [0, 0.1) is 0 Å². The molecule has 9 nitrogen and oxygen atoms in total. The van der Waals surface area contributed by atoms with Crippen molar-refractivity contribution in [2.45, 2.75) is 4.90 Å². The highest BCUT2D eigenvalue weighted by Gasteiger charge is 2.20. The molecule has 10 heteroatoms. The van der Waals surface area contributed by atoms with Gasteiger partial charge in [-0.25, -0.2) is 13.1 Å². The van der Waals surface area contributed by atoms with Crippen LogP contribution in [0.2, 0.25) is 0 Å². The molecule has 3 N–H and O–H groups in total. The molecule has 0 aliphatic carbocycles. The lowest BCUT2D eigenvalue weighted by molar-refractivity contribution is 0.102. The second-order valence-electron chi connectivity index (χ2n) is 5.89. The maximum atomic E-state index is 12.5. The number of anilines is 1. The average Bonchev–Trinajstić information content (AvgIpc) is 3.24. The van der Waals surface area contributed by atoms with Crippen LogP contribution < -0.4 is 19.5 Å². The molecule has 29 heavy (non-hydrogen) atoms. The summed E-state index contributed by atoms with van der Waals surface area (Å²) in [5.74, 6) is 0.315. The van der Waals surface area contributed by atoms with Gasteiger partial charge in [0.25, 0.3) is 5.91 Å². The van der Waals surface area contributed by atoms with Crippen molar-refractivity contribution in [1.82, 2.24) is 14.9 Å². The van der Waals surface area contributed by atoms with Gasteiger partial charge in [-0.15, -0.1) is 0 Å². The van der Waals surface area contributed by atoms with Crippen LogP contribution in [-0.2, 0) is 10.0 Å². The van der Waals surface area contributed by atoms with Gasteiger partial charge in [0.1, 0.15) is 22.1 Å². The first-order chi connectivity index (χ1) is 13.9. The van der Waals surface area contributed by atoms with Gasteiger partial charge in [-0.3, -0.25) is 9.89 Å². The van der Waals surface area contributed by atoms with Crippen LogP contribution in [0.4, 0.5) is 5.69 Å². The summed E-state index contributed by atoms with van der Waals surface area (Å²) in [6.07, 6.45) is 0. The summed E-state index contributed by atoms with van der Waals surface area (Å²) in [6, 6.07) is 13.2. The number of methoxy groups -OCH3 is 2. The smallest absolute Gasteiger partial charge is 0.273 e. The monoisotopic (exact) mass is 416 g/mol. The van der Waals surface area contributed by atoms with E-state index in [9.17, 15) is 13.2 Å². The number of carbonyl (C=O) groups excluding carboxylic acids is 1. The fourth-order valence-corrected chi connectivity index (χ4v) is 3.60. The molecular formula is C19H20N4O5S. The number of rotatable bonds is 7. The molecule has 0 atom stereocenters. The highest BCUT2D eigenvalue weighted by Crippen LogP contribution is 2.29. The van der Waals surface area contributed by atoms with Crippen molar-refractivity contribution in [3.8, 4) is 22.8 Å². The Kier molecular flexibility index (Phi) is 5.85. The lowest BCUT2D eigenvalue weighted by atomic mass is 10.1. The molecule has 152 valence electrons. The lowest BCUT2D eigenvalue weighted by Crippen LogP contribution is -2.19. The fourth-order valence-electron chi connectivity index (χ4n) is 2.68.